The van der Waals surface area contributed by atoms with Crippen LogP contribution < -0.4 is 15.0 Å². The van der Waals surface area contributed by atoms with Gasteiger partial charge in [-0.25, -0.2) is 4.39 Å². The molecule has 0 spiro atoms. The van der Waals surface area contributed by atoms with Gasteiger partial charge in [-0.05, 0) is 48.9 Å². The van der Waals surface area contributed by atoms with Crippen molar-refractivity contribution in [3.8, 4) is 5.75 Å². The molecule has 0 saturated carbocycles. The van der Waals surface area contributed by atoms with E-state index in [0.717, 1.165) is 30.1 Å². The predicted molar refractivity (Wildman–Crippen MR) is 101 cm³/mol. The summed E-state index contributed by atoms with van der Waals surface area (Å²) in [6.07, 6.45) is 0. The van der Waals surface area contributed by atoms with E-state index < -0.39 is 0 Å². The Kier molecular flexibility index (Phi) is 5.61. The predicted octanol–water partition coefficient (Wildman–Crippen LogP) is 2.90. The molecule has 3 rings (SSSR count). The van der Waals surface area contributed by atoms with Gasteiger partial charge in [-0.2, -0.15) is 0 Å². The second-order valence-corrected chi connectivity index (χ2v) is 6.38. The lowest BCUT2D eigenvalue weighted by Gasteiger charge is -2.36. The monoisotopic (exact) mass is 357 g/mol. The van der Waals surface area contributed by atoms with E-state index in [2.05, 4.69) is 10.2 Å². The highest BCUT2D eigenvalue weighted by atomic mass is 19.1. The number of benzene rings is 2. The molecule has 138 valence electrons. The molecule has 0 unspecified atom stereocenters. The van der Waals surface area contributed by atoms with Crippen molar-refractivity contribution < 1.29 is 13.9 Å². The first-order chi connectivity index (χ1) is 12.6. The second-order valence-electron chi connectivity index (χ2n) is 6.38. The number of piperazine rings is 1. The Balaban J connectivity index is 1.50. The van der Waals surface area contributed by atoms with Gasteiger partial charge < -0.3 is 19.9 Å². The molecule has 2 aromatic carbocycles. The van der Waals surface area contributed by atoms with Crippen LogP contribution in [-0.2, 0) is 4.79 Å². The molecule has 0 aromatic heterocycles. The summed E-state index contributed by atoms with van der Waals surface area (Å²) in [4.78, 5) is 16.5. The van der Waals surface area contributed by atoms with Crippen LogP contribution in [0.15, 0.2) is 42.5 Å². The van der Waals surface area contributed by atoms with E-state index in [1.807, 2.05) is 36.1 Å². The molecule has 1 aliphatic heterocycles. The van der Waals surface area contributed by atoms with E-state index >= 15 is 0 Å². The van der Waals surface area contributed by atoms with Gasteiger partial charge in [-0.1, -0.05) is 6.07 Å². The molecule has 1 saturated heterocycles. The first-order valence-electron chi connectivity index (χ1n) is 8.73. The van der Waals surface area contributed by atoms with Crippen LogP contribution in [0.1, 0.15) is 5.56 Å². The third-order valence-electron chi connectivity index (χ3n) is 4.70. The second kappa shape index (κ2) is 8.08. The topological polar surface area (TPSA) is 44.8 Å². The van der Waals surface area contributed by atoms with Gasteiger partial charge in [0, 0.05) is 37.6 Å². The fourth-order valence-corrected chi connectivity index (χ4v) is 3.07. The summed E-state index contributed by atoms with van der Waals surface area (Å²) in [5.74, 6) is 0.558. The number of nitrogens with one attached hydrogen (secondary N) is 1. The van der Waals surface area contributed by atoms with Crippen molar-refractivity contribution in [1.82, 2.24) is 4.90 Å². The van der Waals surface area contributed by atoms with Crippen LogP contribution in [-0.4, -0.2) is 50.6 Å². The van der Waals surface area contributed by atoms with Gasteiger partial charge in [0.05, 0.1) is 13.7 Å². The van der Waals surface area contributed by atoms with Gasteiger partial charge >= 0.3 is 0 Å². The zero-order valence-corrected chi connectivity index (χ0v) is 15.2. The highest BCUT2D eigenvalue weighted by Gasteiger charge is 2.21. The molecule has 0 aliphatic carbocycles. The summed E-state index contributed by atoms with van der Waals surface area (Å²) in [5.41, 5.74) is 2.71. The lowest BCUT2D eigenvalue weighted by Crippen LogP contribution is -2.50. The Morgan fingerprint density at radius 3 is 2.46 bits per heavy atom. The fourth-order valence-electron chi connectivity index (χ4n) is 3.07. The van der Waals surface area contributed by atoms with E-state index in [4.69, 9.17) is 4.74 Å². The van der Waals surface area contributed by atoms with Gasteiger partial charge in [0.15, 0.2) is 0 Å². The number of aryl methyl sites for hydroxylation is 1. The van der Waals surface area contributed by atoms with Crippen molar-refractivity contribution >= 4 is 17.3 Å². The molecule has 0 atom stereocenters. The number of carbonyl (C=O) groups excluding carboxylic acids is 1. The average Bonchev–Trinajstić information content (AvgIpc) is 2.68. The van der Waals surface area contributed by atoms with Crippen LogP contribution in [0, 0.1) is 12.7 Å². The van der Waals surface area contributed by atoms with Crippen LogP contribution >= 0.6 is 0 Å². The third-order valence-corrected chi connectivity index (χ3v) is 4.70. The van der Waals surface area contributed by atoms with E-state index in [1.54, 1.807) is 13.2 Å². The number of anilines is 2. The van der Waals surface area contributed by atoms with Crippen LogP contribution in [0.3, 0.4) is 0 Å². The normalized spacial score (nSPS) is 14.3. The molecule has 6 heteroatoms. The molecular weight excluding hydrogens is 333 g/mol. The highest BCUT2D eigenvalue weighted by molar-refractivity contribution is 5.81. The molecule has 1 amide bonds. The maximum atomic E-state index is 13.3. The Bertz CT molecular complexity index is 756. The minimum Gasteiger partial charge on any atom is -0.497 e. The summed E-state index contributed by atoms with van der Waals surface area (Å²) in [5, 5.41) is 3.05. The quantitative estimate of drug-likeness (QED) is 0.894. The van der Waals surface area contributed by atoms with E-state index in [1.165, 1.54) is 12.1 Å². The Hall–Kier alpha value is -2.76. The molecule has 0 bridgehead atoms. The van der Waals surface area contributed by atoms with E-state index in [9.17, 15) is 9.18 Å². The number of hydrogen-bond donors (Lipinski definition) is 1. The minimum absolute atomic E-state index is 0.0306. The first-order valence-corrected chi connectivity index (χ1v) is 8.73. The molecule has 5 nitrogen and oxygen atoms in total. The molecular formula is C20H24FN3O2. The van der Waals surface area contributed by atoms with E-state index in [-0.39, 0.29) is 18.3 Å². The number of hydrogen-bond acceptors (Lipinski definition) is 4. The molecule has 1 heterocycles. The van der Waals surface area contributed by atoms with Crippen LogP contribution in [0.25, 0.3) is 0 Å². The van der Waals surface area contributed by atoms with Crippen molar-refractivity contribution in [3.05, 3.63) is 53.8 Å². The fraction of sp³-hybridized carbons (Fsp3) is 0.350. The van der Waals surface area contributed by atoms with Gasteiger partial charge in [0.25, 0.3) is 0 Å². The summed E-state index contributed by atoms with van der Waals surface area (Å²) < 4.78 is 18.5. The Morgan fingerprint density at radius 2 is 1.81 bits per heavy atom. The lowest BCUT2D eigenvalue weighted by molar-refractivity contribution is -0.129. The average molecular weight is 357 g/mol. The zero-order chi connectivity index (χ0) is 18.5. The van der Waals surface area contributed by atoms with Gasteiger partial charge in [0.1, 0.15) is 11.6 Å². The SMILES string of the molecule is COc1ccc(N2CCN(C(=O)CNc3cc(F)ccc3C)CC2)cc1. The van der Waals surface area contributed by atoms with Crippen LogP contribution in [0.4, 0.5) is 15.8 Å². The number of amides is 1. The number of methoxy groups -OCH3 is 1. The number of halogens is 1. The molecule has 2 aromatic rings. The third kappa shape index (κ3) is 4.25. The standard InChI is InChI=1S/C20H24FN3O2/c1-15-3-4-16(21)13-19(15)22-14-20(25)24-11-9-23(10-12-24)17-5-7-18(26-2)8-6-17/h3-8,13,22H,9-12,14H2,1-2H3. The van der Waals surface area contributed by atoms with Gasteiger partial charge in [-0.3, -0.25) is 4.79 Å². The van der Waals surface area contributed by atoms with Crippen LogP contribution in [0.5, 0.6) is 5.75 Å². The summed E-state index contributed by atoms with van der Waals surface area (Å²) in [7, 11) is 1.65. The van der Waals surface area contributed by atoms with Crippen molar-refractivity contribution in [2.75, 3.05) is 50.1 Å². The highest BCUT2D eigenvalue weighted by Crippen LogP contribution is 2.21. The molecule has 1 N–H and O–H groups in total. The number of nitrogens with zero attached hydrogens (tertiary/aromatic N) is 2. The summed E-state index contributed by atoms with van der Waals surface area (Å²) in [6, 6.07) is 12.5. The largest absolute Gasteiger partial charge is 0.497 e. The summed E-state index contributed by atoms with van der Waals surface area (Å²) in [6.45, 7) is 4.99. The summed E-state index contributed by atoms with van der Waals surface area (Å²) >= 11 is 0. The van der Waals surface area contributed by atoms with Gasteiger partial charge in [0.2, 0.25) is 5.91 Å². The maximum Gasteiger partial charge on any atom is 0.241 e. The minimum atomic E-state index is -0.307. The molecule has 1 fully saturated rings. The van der Waals surface area contributed by atoms with E-state index in [0.29, 0.717) is 18.8 Å². The van der Waals surface area contributed by atoms with Gasteiger partial charge in [-0.15, -0.1) is 0 Å². The number of ether oxygens (including phenoxy) is 1. The van der Waals surface area contributed by atoms with Crippen molar-refractivity contribution in [3.63, 3.8) is 0 Å². The first kappa shape index (κ1) is 18.0. The van der Waals surface area contributed by atoms with Crippen LogP contribution in [0.2, 0.25) is 0 Å². The Morgan fingerprint density at radius 1 is 1.12 bits per heavy atom. The van der Waals surface area contributed by atoms with Crippen molar-refractivity contribution in [1.29, 1.82) is 0 Å². The molecule has 0 radical (unpaired) electrons. The Labute approximate surface area is 153 Å². The maximum absolute atomic E-state index is 13.3. The molecule has 26 heavy (non-hydrogen) atoms. The number of carbonyl (C=O) groups is 1. The van der Waals surface area contributed by atoms with Crippen molar-refractivity contribution in [2.24, 2.45) is 0 Å². The lowest BCUT2D eigenvalue weighted by atomic mass is 10.2. The number of rotatable bonds is 5. The zero-order valence-electron chi connectivity index (χ0n) is 15.2. The van der Waals surface area contributed by atoms with Crippen molar-refractivity contribution in [2.45, 2.75) is 6.92 Å². The smallest absolute Gasteiger partial charge is 0.241 e. The molecule has 1 aliphatic rings.